The first-order chi connectivity index (χ1) is 6.59. The van der Waals surface area contributed by atoms with Crippen molar-refractivity contribution in [3.8, 4) is 5.75 Å². The molecule has 0 unspecified atom stereocenters. The molecule has 0 heterocycles. The van der Waals surface area contributed by atoms with Crippen molar-refractivity contribution < 1.29 is 4.74 Å². The average Bonchev–Trinajstić information content (AvgIpc) is 2.14. The minimum Gasteiger partial charge on any atom is -0.487 e. The van der Waals surface area contributed by atoms with Gasteiger partial charge in [-0.15, -0.1) is 0 Å². The van der Waals surface area contributed by atoms with Crippen molar-refractivity contribution in [1.29, 1.82) is 10.8 Å². The molecule has 0 radical (unpaired) electrons. The first-order valence-corrected chi connectivity index (χ1v) is 4.42. The van der Waals surface area contributed by atoms with Gasteiger partial charge in [-0.3, -0.25) is 5.41 Å². The summed E-state index contributed by atoms with van der Waals surface area (Å²) in [7, 11) is 0. The van der Waals surface area contributed by atoms with E-state index in [-0.39, 0.29) is 18.0 Å². The van der Waals surface area contributed by atoms with Crippen LogP contribution in [0.3, 0.4) is 0 Å². The lowest BCUT2D eigenvalue weighted by Gasteiger charge is -2.06. The van der Waals surface area contributed by atoms with Crippen LogP contribution in [0.2, 0.25) is 0 Å². The molecule has 0 fully saturated rings. The van der Waals surface area contributed by atoms with Crippen LogP contribution < -0.4 is 4.74 Å². The molecule has 14 heavy (non-hydrogen) atoms. The summed E-state index contributed by atoms with van der Waals surface area (Å²) in [4.78, 5) is 0. The van der Waals surface area contributed by atoms with E-state index in [0.717, 1.165) is 11.3 Å². The fraction of sp³-hybridized carbons (Fsp3) is 0.273. The highest BCUT2D eigenvalue weighted by Crippen LogP contribution is 2.11. The van der Waals surface area contributed by atoms with Gasteiger partial charge in [0.05, 0.1) is 11.4 Å². The van der Waals surface area contributed by atoms with Crippen LogP contribution >= 0.6 is 0 Å². The summed E-state index contributed by atoms with van der Waals surface area (Å²) < 4.78 is 5.34. The molecular weight excluding hydrogens is 176 g/mol. The Morgan fingerprint density at radius 2 is 2.07 bits per heavy atom. The summed E-state index contributed by atoms with van der Waals surface area (Å²) in [5, 5.41) is 14.6. The van der Waals surface area contributed by atoms with Gasteiger partial charge in [0.25, 0.3) is 0 Å². The Labute approximate surface area is 83.7 Å². The highest BCUT2D eigenvalue weighted by molar-refractivity contribution is 6.39. The maximum absolute atomic E-state index is 7.40. The zero-order valence-electron chi connectivity index (χ0n) is 8.42. The Kier molecular flexibility index (Phi) is 3.40. The largest absolute Gasteiger partial charge is 0.487 e. The van der Waals surface area contributed by atoms with Crippen molar-refractivity contribution in [1.82, 2.24) is 0 Å². The normalized spacial score (nSPS) is 9.57. The lowest BCUT2D eigenvalue weighted by Crippen LogP contribution is -2.17. The molecule has 3 nitrogen and oxygen atoms in total. The fourth-order valence-corrected chi connectivity index (χ4v) is 0.969. The predicted octanol–water partition coefficient (Wildman–Crippen LogP) is 2.43. The molecule has 0 amide bonds. The number of hydrogen-bond acceptors (Lipinski definition) is 3. The molecule has 0 atom stereocenters. The molecule has 0 aliphatic heterocycles. The summed E-state index contributed by atoms with van der Waals surface area (Å²) in [6, 6.07) is 7.65. The number of nitrogens with one attached hydrogen (secondary N) is 2. The van der Waals surface area contributed by atoms with E-state index in [1.165, 1.54) is 0 Å². The Balaban J connectivity index is 2.54. The van der Waals surface area contributed by atoms with Crippen molar-refractivity contribution in [3.63, 3.8) is 0 Å². The zero-order chi connectivity index (χ0) is 10.6. The van der Waals surface area contributed by atoms with Gasteiger partial charge in [0.2, 0.25) is 0 Å². The number of rotatable bonds is 4. The maximum Gasteiger partial charge on any atom is 0.131 e. The van der Waals surface area contributed by atoms with Gasteiger partial charge in [0.15, 0.2) is 0 Å². The minimum absolute atomic E-state index is 0.165. The molecule has 0 saturated carbocycles. The first kappa shape index (κ1) is 10.4. The number of benzene rings is 1. The van der Waals surface area contributed by atoms with E-state index in [1.54, 1.807) is 6.92 Å². The Hall–Kier alpha value is -1.64. The lowest BCUT2D eigenvalue weighted by atomic mass is 10.2. The summed E-state index contributed by atoms with van der Waals surface area (Å²) in [6.07, 6.45) is 0. The SMILES string of the molecule is CC(=N)C(=N)COc1cccc(C)c1. The van der Waals surface area contributed by atoms with Crippen LogP contribution in [0.4, 0.5) is 0 Å². The highest BCUT2D eigenvalue weighted by Gasteiger charge is 2.00. The molecule has 0 aromatic heterocycles. The van der Waals surface area contributed by atoms with Gasteiger partial charge in [-0.25, -0.2) is 0 Å². The van der Waals surface area contributed by atoms with Crippen LogP contribution in [0, 0.1) is 17.7 Å². The fourth-order valence-electron chi connectivity index (χ4n) is 0.969. The molecule has 0 aliphatic carbocycles. The minimum atomic E-state index is 0.165. The monoisotopic (exact) mass is 190 g/mol. The predicted molar refractivity (Wildman–Crippen MR) is 57.8 cm³/mol. The smallest absolute Gasteiger partial charge is 0.131 e. The molecular formula is C11H14N2O. The molecule has 1 aromatic rings. The second-order valence-corrected chi connectivity index (χ2v) is 3.21. The van der Waals surface area contributed by atoms with Crippen molar-refractivity contribution in [2.75, 3.05) is 6.61 Å². The zero-order valence-corrected chi connectivity index (χ0v) is 8.42. The number of hydrogen-bond donors (Lipinski definition) is 2. The van der Waals surface area contributed by atoms with Gasteiger partial charge in [0, 0.05) is 0 Å². The Morgan fingerprint density at radius 3 is 2.64 bits per heavy atom. The standard InChI is InChI=1S/C11H14N2O/c1-8-4-3-5-10(6-8)14-7-11(13)9(2)12/h3-6,12-13H,7H2,1-2H3. The first-order valence-electron chi connectivity index (χ1n) is 4.42. The van der Waals surface area contributed by atoms with Crippen LogP contribution in [0.15, 0.2) is 24.3 Å². The molecule has 0 bridgehead atoms. The summed E-state index contributed by atoms with van der Waals surface area (Å²) in [6.45, 7) is 3.74. The quantitative estimate of drug-likeness (QED) is 0.704. The third kappa shape index (κ3) is 3.01. The third-order valence-corrected chi connectivity index (χ3v) is 1.83. The van der Waals surface area contributed by atoms with E-state index >= 15 is 0 Å². The molecule has 0 spiro atoms. The van der Waals surface area contributed by atoms with Gasteiger partial charge in [-0.1, -0.05) is 12.1 Å². The highest BCUT2D eigenvalue weighted by atomic mass is 16.5. The molecule has 2 N–H and O–H groups in total. The second-order valence-electron chi connectivity index (χ2n) is 3.21. The van der Waals surface area contributed by atoms with Crippen LogP contribution in [0.5, 0.6) is 5.75 Å². The summed E-state index contributed by atoms with van der Waals surface area (Å²) >= 11 is 0. The van der Waals surface area contributed by atoms with E-state index < -0.39 is 0 Å². The van der Waals surface area contributed by atoms with Gasteiger partial charge in [-0.05, 0) is 31.5 Å². The van der Waals surface area contributed by atoms with Gasteiger partial charge >= 0.3 is 0 Å². The van der Waals surface area contributed by atoms with E-state index in [4.69, 9.17) is 15.6 Å². The lowest BCUT2D eigenvalue weighted by molar-refractivity contribution is 0.377. The van der Waals surface area contributed by atoms with E-state index in [0.29, 0.717) is 0 Å². The second kappa shape index (κ2) is 4.56. The van der Waals surface area contributed by atoms with Gasteiger partial charge in [-0.2, -0.15) is 0 Å². The van der Waals surface area contributed by atoms with Crippen molar-refractivity contribution in [3.05, 3.63) is 29.8 Å². The van der Waals surface area contributed by atoms with Gasteiger partial charge in [0.1, 0.15) is 12.4 Å². The van der Waals surface area contributed by atoms with Crippen LogP contribution in [0.25, 0.3) is 0 Å². The number of aryl methyl sites for hydroxylation is 1. The van der Waals surface area contributed by atoms with Crippen molar-refractivity contribution in [2.45, 2.75) is 13.8 Å². The van der Waals surface area contributed by atoms with E-state index in [1.807, 2.05) is 31.2 Å². The molecule has 3 heteroatoms. The molecule has 0 aliphatic rings. The van der Waals surface area contributed by atoms with E-state index in [9.17, 15) is 0 Å². The molecule has 1 rings (SSSR count). The Morgan fingerprint density at radius 1 is 1.36 bits per heavy atom. The van der Waals surface area contributed by atoms with Crippen molar-refractivity contribution >= 4 is 11.4 Å². The average molecular weight is 190 g/mol. The molecule has 74 valence electrons. The van der Waals surface area contributed by atoms with Crippen LogP contribution in [-0.2, 0) is 0 Å². The topological polar surface area (TPSA) is 56.9 Å². The van der Waals surface area contributed by atoms with Crippen LogP contribution in [0.1, 0.15) is 12.5 Å². The van der Waals surface area contributed by atoms with Gasteiger partial charge < -0.3 is 10.1 Å². The molecule has 1 aromatic carbocycles. The van der Waals surface area contributed by atoms with Crippen LogP contribution in [-0.4, -0.2) is 18.0 Å². The maximum atomic E-state index is 7.40. The summed E-state index contributed by atoms with van der Waals surface area (Å²) in [5.41, 5.74) is 1.59. The molecule has 0 saturated heterocycles. The summed E-state index contributed by atoms with van der Waals surface area (Å²) in [5.74, 6) is 0.746. The van der Waals surface area contributed by atoms with Crippen molar-refractivity contribution in [2.24, 2.45) is 0 Å². The van der Waals surface area contributed by atoms with E-state index in [2.05, 4.69) is 0 Å². The third-order valence-electron chi connectivity index (χ3n) is 1.83. The Bertz CT molecular complexity index is 358. The number of ether oxygens (including phenoxy) is 1.